The van der Waals surface area contributed by atoms with Gasteiger partial charge >= 0.3 is 29.6 Å². The van der Waals surface area contributed by atoms with Crippen LogP contribution in [0.25, 0.3) is 0 Å². The number of rotatable bonds is 12. The van der Waals surface area contributed by atoms with Crippen LogP contribution in [0.2, 0.25) is 0 Å². The van der Waals surface area contributed by atoms with Gasteiger partial charge in [-0.3, -0.25) is 0 Å². The van der Waals surface area contributed by atoms with Gasteiger partial charge in [-0.15, -0.1) is 0 Å². The van der Waals surface area contributed by atoms with Gasteiger partial charge < -0.3 is 14.4 Å². The first-order chi connectivity index (χ1) is 17.1. The average Bonchev–Trinajstić information content (AvgIpc) is 3.42. The van der Waals surface area contributed by atoms with Crippen molar-refractivity contribution in [3.05, 3.63) is 95.6 Å². The Labute approximate surface area is 243 Å². The Balaban J connectivity index is 0.00000380. The van der Waals surface area contributed by atoms with Gasteiger partial charge in [0.1, 0.15) is 11.5 Å². The number of unbranched alkanes of at least 4 members (excludes halogenated alkanes) is 1. The van der Waals surface area contributed by atoms with E-state index < -0.39 is 10.1 Å². The number of aromatic hydroxyl groups is 1. The predicted molar refractivity (Wildman–Crippen MR) is 141 cm³/mol. The summed E-state index contributed by atoms with van der Waals surface area (Å²) in [6, 6.07) is 26.5. The molecule has 3 aromatic carbocycles. The third-order valence-electron chi connectivity index (χ3n) is 7.74. The van der Waals surface area contributed by atoms with Crippen LogP contribution in [0.1, 0.15) is 62.1 Å². The first kappa shape index (κ1) is 29.7. The third kappa shape index (κ3) is 7.61. The van der Waals surface area contributed by atoms with Gasteiger partial charge in [0.05, 0.1) is 16.7 Å². The molecule has 3 atom stereocenters. The maximum atomic E-state index is 10.7. The van der Waals surface area contributed by atoms with Crippen molar-refractivity contribution >= 4 is 10.1 Å². The number of phenols is 1. The summed E-state index contributed by atoms with van der Waals surface area (Å²) in [7, 11) is -4.16. The molecule has 7 heteroatoms. The van der Waals surface area contributed by atoms with Crippen LogP contribution >= 0.6 is 0 Å². The summed E-state index contributed by atoms with van der Waals surface area (Å²) in [6.07, 6.45) is 3.95. The summed E-state index contributed by atoms with van der Waals surface area (Å²) in [4.78, 5) is 0. The first-order valence-electron chi connectivity index (χ1n) is 12.6. The van der Waals surface area contributed by atoms with Gasteiger partial charge in [0, 0.05) is 11.2 Å². The van der Waals surface area contributed by atoms with E-state index in [2.05, 4.69) is 68.4 Å². The summed E-state index contributed by atoms with van der Waals surface area (Å²) in [6.45, 7) is 5.03. The van der Waals surface area contributed by atoms with E-state index in [9.17, 15) is 18.1 Å². The fourth-order valence-corrected chi connectivity index (χ4v) is 6.23. The zero-order valence-electron chi connectivity index (χ0n) is 22.0. The molecule has 0 radical (unpaired) electrons. The molecule has 192 valence electrons. The maximum Gasteiger partial charge on any atom is 1.00 e. The number of hydrogen-bond donors (Lipinski definition) is 1. The monoisotopic (exact) mass is 530 g/mol. The molecule has 4 rings (SSSR count). The molecule has 0 amide bonds. The van der Waals surface area contributed by atoms with E-state index in [1.807, 2.05) is 12.1 Å². The van der Waals surface area contributed by atoms with E-state index in [0.29, 0.717) is 25.4 Å². The van der Waals surface area contributed by atoms with E-state index >= 15 is 0 Å². The second-order valence-corrected chi connectivity index (χ2v) is 12.0. The van der Waals surface area contributed by atoms with Gasteiger partial charge in [-0.2, -0.15) is 0 Å². The largest absolute Gasteiger partial charge is 1.00 e. The van der Waals surface area contributed by atoms with Crippen molar-refractivity contribution in [1.29, 1.82) is 0 Å². The van der Waals surface area contributed by atoms with Crippen LogP contribution in [0.15, 0.2) is 78.9 Å². The zero-order valence-corrected chi connectivity index (χ0v) is 24.8. The number of phenolic OH excluding ortho intramolecular Hbond substituents is 1. The van der Waals surface area contributed by atoms with Gasteiger partial charge in [-0.05, 0) is 84.4 Å². The van der Waals surface area contributed by atoms with Gasteiger partial charge in [-0.25, -0.2) is 8.42 Å². The van der Waals surface area contributed by atoms with Crippen LogP contribution in [-0.2, 0) is 22.0 Å². The predicted octanol–water partition coefficient (Wildman–Crippen LogP) is 3.18. The first-order valence-corrected chi connectivity index (χ1v) is 14.2. The molecule has 0 saturated heterocycles. The topological polar surface area (TPSA) is 86.7 Å². The van der Waals surface area contributed by atoms with E-state index in [4.69, 9.17) is 4.74 Å². The zero-order chi connectivity index (χ0) is 25.8. The summed E-state index contributed by atoms with van der Waals surface area (Å²) in [5.74, 6) is 1.01. The number of ether oxygens (including phenoxy) is 1. The van der Waals surface area contributed by atoms with E-state index in [1.54, 1.807) is 12.1 Å². The van der Waals surface area contributed by atoms with E-state index in [0.717, 1.165) is 25.0 Å². The van der Waals surface area contributed by atoms with Gasteiger partial charge in [0.15, 0.2) is 0 Å². The fraction of sp³-hybridized carbons (Fsp3) is 0.400. The molecule has 3 unspecified atom stereocenters. The molecule has 0 heterocycles. The SMILES string of the molecule is CC(CC1(c2ccc(O)cc2)CC1(C)Cc1ccccc1)c1ccc(OCCCCS(=O)(=O)[O-])cc1.[Na+]. The Hall–Kier alpha value is -1.83. The minimum atomic E-state index is -4.16. The standard InChI is InChI=1S/C30H36O5S.Na/c1-23(25-10-16-28(17-11-25)35-18-6-7-19-36(32,33)34)20-30(26-12-14-27(31)15-13-26)22-29(30,2)21-24-8-4-3-5-9-24;/h3-5,8-17,23,31H,6-7,18-22H2,1-2H3,(H,32,33,34);/q;+1/p-1. The summed E-state index contributed by atoms with van der Waals surface area (Å²) in [5.41, 5.74) is 4.05. The fourth-order valence-electron chi connectivity index (χ4n) is 5.67. The van der Waals surface area contributed by atoms with Crippen LogP contribution in [0.5, 0.6) is 11.5 Å². The van der Waals surface area contributed by atoms with Crippen molar-refractivity contribution < 1.29 is 52.4 Å². The number of benzene rings is 3. The Morgan fingerprint density at radius 2 is 1.62 bits per heavy atom. The van der Waals surface area contributed by atoms with Crippen molar-refractivity contribution in [1.82, 2.24) is 0 Å². The third-order valence-corrected chi connectivity index (χ3v) is 8.53. The molecule has 1 fully saturated rings. The van der Waals surface area contributed by atoms with Crippen molar-refractivity contribution in [2.24, 2.45) is 5.41 Å². The molecular formula is C30H35NaO5S. The maximum absolute atomic E-state index is 10.7. The van der Waals surface area contributed by atoms with Gasteiger partial charge in [-0.1, -0.05) is 68.4 Å². The molecule has 0 aromatic heterocycles. The van der Waals surface area contributed by atoms with E-state index in [-0.39, 0.29) is 51.9 Å². The molecule has 0 spiro atoms. The molecule has 1 saturated carbocycles. The Bertz CT molecular complexity index is 1250. The Morgan fingerprint density at radius 1 is 0.973 bits per heavy atom. The van der Waals surface area contributed by atoms with Crippen LogP contribution < -0.4 is 34.3 Å². The molecule has 0 aliphatic heterocycles. The molecule has 1 aliphatic rings. The van der Waals surface area contributed by atoms with Gasteiger partial charge in [0.2, 0.25) is 0 Å². The molecule has 3 aromatic rings. The van der Waals surface area contributed by atoms with Crippen molar-refractivity contribution in [2.75, 3.05) is 12.4 Å². The van der Waals surface area contributed by atoms with Crippen molar-refractivity contribution in [3.8, 4) is 11.5 Å². The Kier molecular flexibility index (Phi) is 9.92. The summed E-state index contributed by atoms with van der Waals surface area (Å²) < 4.78 is 37.8. The molecule has 1 N–H and O–H groups in total. The second-order valence-electron chi connectivity index (χ2n) is 10.5. The quantitative estimate of drug-likeness (QED) is 0.221. The normalized spacial score (nSPS) is 21.6. The Morgan fingerprint density at radius 3 is 2.24 bits per heavy atom. The molecule has 0 bridgehead atoms. The van der Waals surface area contributed by atoms with Crippen LogP contribution in [0.4, 0.5) is 0 Å². The molecule has 1 aliphatic carbocycles. The van der Waals surface area contributed by atoms with Crippen molar-refractivity contribution in [3.63, 3.8) is 0 Å². The van der Waals surface area contributed by atoms with Crippen LogP contribution in [0.3, 0.4) is 0 Å². The van der Waals surface area contributed by atoms with Gasteiger partial charge in [0.25, 0.3) is 0 Å². The second kappa shape index (κ2) is 12.4. The smallest absolute Gasteiger partial charge is 0.748 e. The van der Waals surface area contributed by atoms with Crippen LogP contribution in [0, 0.1) is 5.41 Å². The van der Waals surface area contributed by atoms with Crippen molar-refractivity contribution in [2.45, 2.75) is 57.3 Å². The minimum Gasteiger partial charge on any atom is -0.748 e. The molecule has 5 nitrogen and oxygen atoms in total. The molecular weight excluding hydrogens is 495 g/mol. The average molecular weight is 531 g/mol. The number of hydrogen-bond acceptors (Lipinski definition) is 5. The molecule has 37 heavy (non-hydrogen) atoms. The van der Waals surface area contributed by atoms with E-state index in [1.165, 1.54) is 16.7 Å². The minimum absolute atomic E-state index is 0. The summed E-state index contributed by atoms with van der Waals surface area (Å²) >= 11 is 0. The van der Waals surface area contributed by atoms with Crippen LogP contribution in [-0.4, -0.2) is 30.4 Å². The summed E-state index contributed by atoms with van der Waals surface area (Å²) in [5, 5.41) is 9.87.